The van der Waals surface area contributed by atoms with Gasteiger partial charge in [-0.15, -0.1) is 12.4 Å². The predicted molar refractivity (Wildman–Crippen MR) is 52.5 cm³/mol. The van der Waals surface area contributed by atoms with Gasteiger partial charge in [-0.1, -0.05) is 6.07 Å². The Morgan fingerprint density at radius 1 is 1.31 bits per heavy atom. The number of halogens is 1. The van der Waals surface area contributed by atoms with Crippen molar-refractivity contribution >= 4 is 29.3 Å². The molecule has 13 heavy (non-hydrogen) atoms. The van der Waals surface area contributed by atoms with E-state index in [1.165, 1.54) is 0 Å². The van der Waals surface area contributed by atoms with Gasteiger partial charge in [0.05, 0.1) is 5.56 Å². The number of aromatic nitrogens is 1. The van der Waals surface area contributed by atoms with Crippen molar-refractivity contribution in [2.75, 3.05) is 0 Å². The summed E-state index contributed by atoms with van der Waals surface area (Å²) in [6, 6.07) is 6.91. The molecular weight excluding hydrogens is 190 g/mol. The smallest absolute Gasteiger partial charge is 0.335 e. The lowest BCUT2D eigenvalue weighted by Gasteiger charge is -1.93. The van der Waals surface area contributed by atoms with E-state index >= 15 is 0 Å². The third kappa shape index (κ3) is 1.65. The lowest BCUT2D eigenvalue weighted by atomic mass is 10.2. The molecule has 2 rings (SSSR count). The number of fused-ring (bicyclic) bond motifs is 1. The first-order valence-electron chi connectivity index (χ1n) is 3.58. The van der Waals surface area contributed by atoms with Crippen LogP contribution in [-0.2, 0) is 0 Å². The number of aromatic carboxylic acids is 1. The molecule has 1 aromatic carbocycles. The Labute approximate surface area is 80.8 Å². The molecule has 1 heterocycles. The second-order valence-electron chi connectivity index (χ2n) is 2.58. The number of carboxylic acids is 1. The number of rotatable bonds is 1. The highest BCUT2D eigenvalue weighted by Crippen LogP contribution is 2.13. The van der Waals surface area contributed by atoms with Crippen molar-refractivity contribution in [3.8, 4) is 0 Å². The van der Waals surface area contributed by atoms with E-state index in [0.717, 1.165) is 10.9 Å². The minimum atomic E-state index is -0.897. The zero-order valence-electron chi connectivity index (χ0n) is 6.65. The van der Waals surface area contributed by atoms with Gasteiger partial charge in [0.2, 0.25) is 0 Å². The monoisotopic (exact) mass is 197 g/mol. The van der Waals surface area contributed by atoms with Crippen LogP contribution in [0.25, 0.3) is 10.9 Å². The summed E-state index contributed by atoms with van der Waals surface area (Å²) in [4.78, 5) is 13.5. The average molecular weight is 198 g/mol. The molecule has 0 radical (unpaired) electrons. The van der Waals surface area contributed by atoms with Crippen LogP contribution in [0.2, 0.25) is 0 Å². The summed E-state index contributed by atoms with van der Waals surface area (Å²) in [5.74, 6) is -0.897. The molecule has 0 saturated carbocycles. The highest BCUT2D eigenvalue weighted by Gasteiger charge is 2.02. The molecule has 0 unspecified atom stereocenters. The molecule has 0 amide bonds. The van der Waals surface area contributed by atoms with E-state index in [0.29, 0.717) is 5.56 Å². The first-order valence-corrected chi connectivity index (χ1v) is 3.58. The van der Waals surface area contributed by atoms with Crippen LogP contribution < -0.4 is 0 Å². The van der Waals surface area contributed by atoms with Gasteiger partial charge in [0.15, 0.2) is 0 Å². The number of hydrogen-bond donors (Lipinski definition) is 2. The van der Waals surface area contributed by atoms with E-state index in [-0.39, 0.29) is 12.4 Å². The predicted octanol–water partition coefficient (Wildman–Crippen LogP) is 2.29. The fraction of sp³-hybridized carbons (Fsp3) is 0. The summed E-state index contributed by atoms with van der Waals surface area (Å²) < 4.78 is 0. The summed E-state index contributed by atoms with van der Waals surface area (Å²) in [7, 11) is 0. The number of hydrogen-bond acceptors (Lipinski definition) is 1. The zero-order valence-corrected chi connectivity index (χ0v) is 7.47. The highest BCUT2D eigenvalue weighted by atomic mass is 35.5. The van der Waals surface area contributed by atoms with E-state index in [1.54, 1.807) is 24.4 Å². The van der Waals surface area contributed by atoms with Crippen LogP contribution >= 0.6 is 12.4 Å². The van der Waals surface area contributed by atoms with E-state index in [1.807, 2.05) is 6.07 Å². The fourth-order valence-electron chi connectivity index (χ4n) is 1.18. The lowest BCUT2D eigenvalue weighted by molar-refractivity contribution is 0.0697. The standard InChI is InChI=1S/C9H7NO2.ClH/c11-9(12)7-2-1-6-3-4-10-8(6)5-7;/h1-5,10H,(H,11,12);1H. The first kappa shape index (κ1) is 9.61. The van der Waals surface area contributed by atoms with Crippen LogP contribution in [-0.4, -0.2) is 16.1 Å². The molecule has 0 saturated heterocycles. The van der Waals surface area contributed by atoms with Gasteiger partial charge in [-0.25, -0.2) is 4.79 Å². The maximum atomic E-state index is 10.6. The topological polar surface area (TPSA) is 53.1 Å². The van der Waals surface area contributed by atoms with Gasteiger partial charge in [-0.05, 0) is 23.6 Å². The maximum absolute atomic E-state index is 10.6. The molecule has 4 heteroatoms. The normalized spacial score (nSPS) is 9.54. The van der Waals surface area contributed by atoms with Crippen molar-refractivity contribution in [1.82, 2.24) is 4.98 Å². The number of carbonyl (C=O) groups is 1. The van der Waals surface area contributed by atoms with Crippen LogP contribution in [0.4, 0.5) is 0 Å². The Hall–Kier alpha value is -1.48. The van der Waals surface area contributed by atoms with Crippen LogP contribution in [0.5, 0.6) is 0 Å². The van der Waals surface area contributed by atoms with Crippen molar-refractivity contribution in [1.29, 1.82) is 0 Å². The summed E-state index contributed by atoms with van der Waals surface area (Å²) in [6.45, 7) is 0. The molecular formula is C9H8ClNO2. The zero-order chi connectivity index (χ0) is 8.55. The van der Waals surface area contributed by atoms with Crippen LogP contribution in [0.15, 0.2) is 30.5 Å². The van der Waals surface area contributed by atoms with E-state index in [4.69, 9.17) is 5.11 Å². The van der Waals surface area contributed by atoms with Crippen molar-refractivity contribution in [2.24, 2.45) is 0 Å². The number of H-pyrrole nitrogens is 1. The molecule has 2 aromatic rings. The van der Waals surface area contributed by atoms with E-state index in [2.05, 4.69) is 4.98 Å². The molecule has 0 aliphatic heterocycles. The Bertz CT molecular complexity index is 436. The Morgan fingerprint density at radius 3 is 2.77 bits per heavy atom. The Morgan fingerprint density at radius 2 is 2.08 bits per heavy atom. The molecule has 2 N–H and O–H groups in total. The van der Waals surface area contributed by atoms with Gasteiger partial charge in [0.1, 0.15) is 0 Å². The van der Waals surface area contributed by atoms with Gasteiger partial charge in [0, 0.05) is 11.7 Å². The van der Waals surface area contributed by atoms with Gasteiger partial charge < -0.3 is 10.1 Å². The van der Waals surface area contributed by atoms with E-state index in [9.17, 15) is 4.79 Å². The van der Waals surface area contributed by atoms with Crippen LogP contribution in [0.3, 0.4) is 0 Å². The van der Waals surface area contributed by atoms with Crippen molar-refractivity contribution in [3.63, 3.8) is 0 Å². The highest BCUT2D eigenvalue weighted by molar-refractivity contribution is 5.93. The van der Waals surface area contributed by atoms with Crippen molar-refractivity contribution in [3.05, 3.63) is 36.0 Å². The molecule has 68 valence electrons. The van der Waals surface area contributed by atoms with Crippen LogP contribution in [0, 0.1) is 0 Å². The summed E-state index contributed by atoms with van der Waals surface area (Å²) in [6.07, 6.45) is 1.79. The molecule has 0 fully saturated rings. The molecule has 1 aromatic heterocycles. The fourth-order valence-corrected chi connectivity index (χ4v) is 1.18. The summed E-state index contributed by atoms with van der Waals surface area (Å²) in [5.41, 5.74) is 1.17. The minimum Gasteiger partial charge on any atom is -0.478 e. The second-order valence-corrected chi connectivity index (χ2v) is 2.58. The maximum Gasteiger partial charge on any atom is 0.335 e. The van der Waals surface area contributed by atoms with Gasteiger partial charge in [-0.3, -0.25) is 0 Å². The number of carboxylic acid groups (broad SMARTS) is 1. The largest absolute Gasteiger partial charge is 0.478 e. The lowest BCUT2D eigenvalue weighted by Crippen LogP contribution is -1.94. The van der Waals surface area contributed by atoms with Crippen LogP contribution in [0.1, 0.15) is 10.4 Å². The Kier molecular flexibility index (Phi) is 2.58. The minimum absolute atomic E-state index is 0. The first-order chi connectivity index (χ1) is 5.77. The average Bonchev–Trinajstić information content (AvgIpc) is 2.49. The molecule has 0 aliphatic rings. The third-order valence-corrected chi connectivity index (χ3v) is 1.80. The van der Waals surface area contributed by atoms with Crippen molar-refractivity contribution < 1.29 is 9.90 Å². The number of benzene rings is 1. The molecule has 0 atom stereocenters. The Balaban J connectivity index is 0.000000845. The van der Waals surface area contributed by atoms with Gasteiger partial charge in [-0.2, -0.15) is 0 Å². The summed E-state index contributed by atoms with van der Waals surface area (Å²) >= 11 is 0. The molecule has 0 aliphatic carbocycles. The second kappa shape index (κ2) is 3.49. The molecule has 3 nitrogen and oxygen atoms in total. The summed E-state index contributed by atoms with van der Waals surface area (Å²) in [5, 5.41) is 9.70. The van der Waals surface area contributed by atoms with Gasteiger partial charge in [0.25, 0.3) is 0 Å². The van der Waals surface area contributed by atoms with Crippen molar-refractivity contribution in [2.45, 2.75) is 0 Å². The molecule has 0 bridgehead atoms. The SMILES string of the molecule is Cl.O=C(O)c1ccc2cc[nH]c2c1. The number of aromatic amines is 1. The number of nitrogens with one attached hydrogen (secondary N) is 1. The van der Waals surface area contributed by atoms with E-state index < -0.39 is 5.97 Å². The quantitative estimate of drug-likeness (QED) is 0.737. The third-order valence-electron chi connectivity index (χ3n) is 1.80. The molecule has 0 spiro atoms. The van der Waals surface area contributed by atoms with Gasteiger partial charge >= 0.3 is 5.97 Å².